The Kier molecular flexibility index (Phi) is 4.81. The summed E-state index contributed by atoms with van der Waals surface area (Å²) in [5.74, 6) is 0.0859. The predicted octanol–water partition coefficient (Wildman–Crippen LogP) is 1.15. The van der Waals surface area contributed by atoms with Crippen molar-refractivity contribution in [1.82, 2.24) is 10.2 Å². The van der Waals surface area contributed by atoms with E-state index >= 15 is 0 Å². The van der Waals surface area contributed by atoms with E-state index in [1.165, 1.54) is 25.3 Å². The number of nitrogens with one attached hydrogen (secondary N) is 1. The van der Waals surface area contributed by atoms with Crippen LogP contribution in [-0.2, 0) is 9.84 Å². The Hall–Kier alpha value is -0.390. The molecule has 4 nitrogen and oxygen atoms in total. The first-order valence-corrected chi connectivity index (χ1v) is 8.65. The van der Waals surface area contributed by atoms with Crippen LogP contribution in [0.4, 0.5) is 0 Å². The van der Waals surface area contributed by atoms with Crippen LogP contribution in [0.5, 0.6) is 0 Å². The molecule has 0 aromatic heterocycles. The maximum Gasteiger partial charge on any atom is 0.171 e. The van der Waals surface area contributed by atoms with Crippen molar-refractivity contribution >= 4 is 9.84 Å². The van der Waals surface area contributed by atoms with Crippen molar-refractivity contribution in [1.29, 1.82) is 0 Å². The van der Waals surface area contributed by atoms with Crippen molar-refractivity contribution in [2.75, 3.05) is 25.4 Å². The van der Waals surface area contributed by atoms with Gasteiger partial charge in [-0.25, -0.2) is 8.42 Å². The Balaban J connectivity index is 2.12. The van der Waals surface area contributed by atoms with Gasteiger partial charge in [-0.05, 0) is 12.8 Å². The van der Waals surface area contributed by atoms with Crippen LogP contribution in [0.3, 0.4) is 0 Å². The van der Waals surface area contributed by atoms with E-state index in [0.29, 0.717) is 12.6 Å². The highest BCUT2D eigenvalue weighted by Crippen LogP contribution is 2.26. The maximum atomic E-state index is 12.3. The molecule has 0 aromatic carbocycles. The normalized spacial score (nSPS) is 28.1. The summed E-state index contributed by atoms with van der Waals surface area (Å²) in [6.07, 6.45) is 7.58. The summed E-state index contributed by atoms with van der Waals surface area (Å²) in [5, 5.41) is 2.86. The van der Waals surface area contributed by atoms with E-state index in [-0.39, 0.29) is 11.1 Å². The van der Waals surface area contributed by atoms with E-state index < -0.39 is 9.84 Å². The highest BCUT2D eigenvalue weighted by atomic mass is 32.2. The zero-order valence-corrected chi connectivity index (χ0v) is 11.8. The highest BCUT2D eigenvalue weighted by Gasteiger charge is 2.36. The van der Waals surface area contributed by atoms with E-state index in [9.17, 15) is 8.42 Å². The Labute approximate surface area is 110 Å². The summed E-state index contributed by atoms with van der Waals surface area (Å²) >= 11 is 0. The molecule has 0 radical (unpaired) electrons. The molecule has 1 saturated carbocycles. The van der Waals surface area contributed by atoms with E-state index in [2.05, 4.69) is 16.8 Å². The fraction of sp³-hybridized carbons (Fsp3) is 0.846. The molecular weight excluding hydrogens is 248 g/mol. The third-order valence-electron chi connectivity index (χ3n) is 4.04. The quantitative estimate of drug-likeness (QED) is 0.780. The van der Waals surface area contributed by atoms with Gasteiger partial charge in [0.05, 0.1) is 5.75 Å². The van der Waals surface area contributed by atoms with Gasteiger partial charge >= 0.3 is 0 Å². The zero-order valence-electron chi connectivity index (χ0n) is 11.0. The number of hydrogen-bond acceptors (Lipinski definition) is 4. The lowest BCUT2D eigenvalue weighted by Gasteiger charge is -2.42. The van der Waals surface area contributed by atoms with Crippen molar-refractivity contribution in [2.45, 2.75) is 43.5 Å². The summed E-state index contributed by atoms with van der Waals surface area (Å²) < 4.78 is 24.6. The Morgan fingerprint density at radius 1 is 1.28 bits per heavy atom. The first-order chi connectivity index (χ1) is 8.65. The van der Waals surface area contributed by atoms with Crippen molar-refractivity contribution in [3.8, 4) is 0 Å². The molecule has 1 aliphatic heterocycles. The summed E-state index contributed by atoms with van der Waals surface area (Å²) in [6, 6.07) is 0.463. The Morgan fingerprint density at radius 3 is 2.67 bits per heavy atom. The molecule has 1 atom stereocenters. The molecule has 1 unspecified atom stereocenters. The molecule has 18 heavy (non-hydrogen) atoms. The summed E-state index contributed by atoms with van der Waals surface area (Å²) in [6.45, 7) is 5.87. The van der Waals surface area contributed by atoms with Gasteiger partial charge < -0.3 is 5.32 Å². The van der Waals surface area contributed by atoms with Crippen LogP contribution in [0.15, 0.2) is 12.7 Å². The van der Waals surface area contributed by atoms with E-state index in [0.717, 1.165) is 25.9 Å². The SMILES string of the molecule is C=CCS(=O)(=O)C1CNCCN1C1CCCCC1. The molecule has 0 amide bonds. The van der Waals surface area contributed by atoms with Gasteiger partial charge in [-0.15, -0.1) is 6.58 Å². The average molecular weight is 272 g/mol. The third-order valence-corrected chi connectivity index (χ3v) is 6.01. The first-order valence-electron chi connectivity index (χ1n) is 6.94. The molecule has 1 saturated heterocycles. The Morgan fingerprint density at radius 2 is 2.00 bits per heavy atom. The van der Waals surface area contributed by atoms with Crippen LogP contribution < -0.4 is 5.32 Å². The molecule has 1 heterocycles. The van der Waals surface area contributed by atoms with Gasteiger partial charge in [-0.2, -0.15) is 0 Å². The molecule has 1 N–H and O–H groups in total. The summed E-state index contributed by atoms with van der Waals surface area (Å²) in [4.78, 5) is 2.23. The van der Waals surface area contributed by atoms with Crippen LogP contribution in [0.1, 0.15) is 32.1 Å². The third kappa shape index (κ3) is 3.13. The summed E-state index contributed by atoms with van der Waals surface area (Å²) in [5.41, 5.74) is 0. The lowest BCUT2D eigenvalue weighted by Crippen LogP contribution is -2.58. The molecular formula is C13H24N2O2S. The lowest BCUT2D eigenvalue weighted by atomic mass is 9.94. The van der Waals surface area contributed by atoms with Crippen LogP contribution in [0, 0.1) is 0 Å². The molecule has 1 aliphatic carbocycles. The largest absolute Gasteiger partial charge is 0.313 e. The standard InChI is InChI=1S/C13H24N2O2S/c1-2-10-18(16,17)13-11-14-8-9-15(13)12-6-4-3-5-7-12/h2,12-14H,1,3-11H2. The molecule has 0 spiro atoms. The number of piperazine rings is 1. The molecule has 104 valence electrons. The van der Waals surface area contributed by atoms with Crippen LogP contribution in [0.25, 0.3) is 0 Å². The number of sulfone groups is 1. The van der Waals surface area contributed by atoms with Gasteiger partial charge in [0.2, 0.25) is 0 Å². The van der Waals surface area contributed by atoms with E-state index in [1.807, 2.05) is 0 Å². The second-order valence-electron chi connectivity index (χ2n) is 5.31. The Bertz CT molecular complexity index is 374. The first kappa shape index (κ1) is 14.0. The molecule has 2 aliphatic rings. The molecule has 2 rings (SSSR count). The fourth-order valence-electron chi connectivity index (χ4n) is 3.13. The van der Waals surface area contributed by atoms with Crippen LogP contribution >= 0.6 is 0 Å². The number of hydrogen-bond donors (Lipinski definition) is 1. The molecule has 2 fully saturated rings. The highest BCUT2D eigenvalue weighted by molar-refractivity contribution is 7.92. The van der Waals surface area contributed by atoms with Crippen LogP contribution in [-0.4, -0.2) is 50.1 Å². The molecule has 0 bridgehead atoms. The minimum absolute atomic E-state index is 0.0859. The predicted molar refractivity (Wildman–Crippen MR) is 74.2 cm³/mol. The van der Waals surface area contributed by atoms with Gasteiger partial charge in [-0.3, -0.25) is 4.90 Å². The summed E-state index contributed by atoms with van der Waals surface area (Å²) in [7, 11) is -3.09. The zero-order chi connectivity index (χ0) is 13.0. The van der Waals surface area contributed by atoms with Gasteiger partial charge in [0.25, 0.3) is 0 Å². The monoisotopic (exact) mass is 272 g/mol. The van der Waals surface area contributed by atoms with Crippen LogP contribution in [0.2, 0.25) is 0 Å². The van der Waals surface area contributed by atoms with Gasteiger partial charge in [0, 0.05) is 25.7 Å². The number of nitrogens with zero attached hydrogens (tertiary/aromatic N) is 1. The van der Waals surface area contributed by atoms with E-state index in [1.54, 1.807) is 0 Å². The molecule has 0 aromatic rings. The minimum atomic E-state index is -3.09. The van der Waals surface area contributed by atoms with Gasteiger partial charge in [0.15, 0.2) is 9.84 Å². The second-order valence-corrected chi connectivity index (χ2v) is 7.51. The van der Waals surface area contributed by atoms with Crippen molar-refractivity contribution in [3.05, 3.63) is 12.7 Å². The lowest BCUT2D eigenvalue weighted by molar-refractivity contribution is 0.118. The van der Waals surface area contributed by atoms with Crippen molar-refractivity contribution in [3.63, 3.8) is 0 Å². The second kappa shape index (κ2) is 6.17. The molecule has 5 heteroatoms. The maximum absolute atomic E-state index is 12.3. The smallest absolute Gasteiger partial charge is 0.171 e. The van der Waals surface area contributed by atoms with E-state index in [4.69, 9.17) is 0 Å². The van der Waals surface area contributed by atoms with Gasteiger partial charge in [0.1, 0.15) is 5.37 Å². The minimum Gasteiger partial charge on any atom is -0.313 e. The van der Waals surface area contributed by atoms with Crippen molar-refractivity contribution in [2.24, 2.45) is 0 Å². The average Bonchev–Trinajstić information content (AvgIpc) is 2.40. The fourth-order valence-corrected chi connectivity index (χ4v) is 4.75. The topological polar surface area (TPSA) is 49.4 Å². The van der Waals surface area contributed by atoms with Crippen molar-refractivity contribution < 1.29 is 8.42 Å². The number of rotatable bonds is 4. The van der Waals surface area contributed by atoms with Gasteiger partial charge in [-0.1, -0.05) is 25.3 Å².